The Morgan fingerprint density at radius 1 is 0.500 bits per heavy atom. The maximum atomic E-state index is 5.18. The van der Waals surface area contributed by atoms with Crippen LogP contribution in [-0.4, -0.2) is 14.5 Å². The minimum Gasteiger partial charge on any atom is -0.278 e. The third-order valence-corrected chi connectivity index (χ3v) is 7.36. The van der Waals surface area contributed by atoms with Gasteiger partial charge in [0.1, 0.15) is 0 Å². The molecule has 170 valence electrons. The molecule has 4 heteroatoms. The van der Waals surface area contributed by atoms with Crippen molar-refractivity contribution in [2.45, 2.75) is 0 Å². The molecule has 0 saturated carbocycles. The predicted molar refractivity (Wildman–Crippen MR) is 152 cm³/mol. The van der Waals surface area contributed by atoms with Crippen LogP contribution in [0.5, 0.6) is 0 Å². The molecule has 2 heterocycles. The summed E-state index contributed by atoms with van der Waals surface area (Å²) in [4.78, 5) is 10.2. The molecule has 0 aliphatic carbocycles. The van der Waals surface area contributed by atoms with E-state index in [0.717, 1.165) is 37.7 Å². The smallest absolute Gasteiger partial charge is 0.235 e. The Bertz CT molecular complexity index is 1890. The molecular formula is C32H20BrN3. The van der Waals surface area contributed by atoms with Gasteiger partial charge in [0.25, 0.3) is 0 Å². The Hall–Kier alpha value is -4.28. The fourth-order valence-electron chi connectivity index (χ4n) is 5.03. The highest BCUT2D eigenvalue weighted by molar-refractivity contribution is 9.10. The van der Waals surface area contributed by atoms with Crippen LogP contribution in [-0.2, 0) is 0 Å². The number of hydrogen-bond donors (Lipinski definition) is 0. The zero-order chi connectivity index (χ0) is 24.1. The van der Waals surface area contributed by atoms with Crippen molar-refractivity contribution in [2.24, 2.45) is 0 Å². The first-order valence-electron chi connectivity index (χ1n) is 11.9. The molecule has 0 amide bonds. The largest absolute Gasteiger partial charge is 0.278 e. The average molecular weight is 526 g/mol. The van der Waals surface area contributed by atoms with Gasteiger partial charge in [0, 0.05) is 26.2 Å². The van der Waals surface area contributed by atoms with Gasteiger partial charge in [-0.3, -0.25) is 4.57 Å². The van der Waals surface area contributed by atoms with E-state index < -0.39 is 0 Å². The Morgan fingerprint density at radius 3 is 1.97 bits per heavy atom. The third-order valence-electron chi connectivity index (χ3n) is 6.70. The zero-order valence-electron chi connectivity index (χ0n) is 19.3. The van der Waals surface area contributed by atoms with Crippen molar-refractivity contribution in [3.05, 3.63) is 126 Å². The molecule has 0 radical (unpaired) electrons. The van der Waals surface area contributed by atoms with E-state index in [4.69, 9.17) is 9.97 Å². The fourth-order valence-corrected chi connectivity index (χ4v) is 5.60. The van der Waals surface area contributed by atoms with Crippen molar-refractivity contribution in [1.29, 1.82) is 0 Å². The van der Waals surface area contributed by atoms with Crippen LogP contribution in [0.1, 0.15) is 0 Å². The van der Waals surface area contributed by atoms with E-state index in [1.54, 1.807) is 0 Å². The first kappa shape index (κ1) is 21.0. The molecule has 0 fully saturated rings. The van der Waals surface area contributed by atoms with E-state index >= 15 is 0 Å². The molecule has 0 aliphatic heterocycles. The summed E-state index contributed by atoms with van der Waals surface area (Å²) >= 11 is 3.77. The highest BCUT2D eigenvalue weighted by Gasteiger charge is 2.18. The molecule has 0 N–H and O–H groups in total. The molecular weight excluding hydrogens is 506 g/mol. The molecule has 3 nitrogen and oxygen atoms in total. The predicted octanol–water partition coefficient (Wildman–Crippen LogP) is 8.82. The molecule has 0 aliphatic rings. The second-order valence-electron chi connectivity index (χ2n) is 8.82. The van der Waals surface area contributed by atoms with Gasteiger partial charge >= 0.3 is 0 Å². The van der Waals surface area contributed by atoms with Crippen molar-refractivity contribution in [2.75, 3.05) is 0 Å². The van der Waals surface area contributed by atoms with E-state index in [1.807, 2.05) is 18.2 Å². The van der Waals surface area contributed by atoms with Gasteiger partial charge in [-0.2, -0.15) is 0 Å². The summed E-state index contributed by atoms with van der Waals surface area (Å²) in [6.45, 7) is 0. The summed E-state index contributed by atoms with van der Waals surface area (Å²) in [5.41, 5.74) is 7.46. The number of benzene rings is 5. The van der Waals surface area contributed by atoms with Crippen LogP contribution in [0.25, 0.3) is 61.0 Å². The second-order valence-corrected chi connectivity index (χ2v) is 9.67. The van der Waals surface area contributed by atoms with Crippen molar-refractivity contribution < 1.29 is 0 Å². The lowest BCUT2D eigenvalue weighted by molar-refractivity contribution is 1.01. The lowest BCUT2D eigenvalue weighted by Gasteiger charge is -2.12. The van der Waals surface area contributed by atoms with Gasteiger partial charge in [-0.25, -0.2) is 9.97 Å². The number of para-hydroxylation sites is 2. The molecule has 36 heavy (non-hydrogen) atoms. The Labute approximate surface area is 216 Å². The third kappa shape index (κ3) is 3.34. The Kier molecular flexibility index (Phi) is 4.93. The van der Waals surface area contributed by atoms with Crippen LogP contribution in [0, 0.1) is 0 Å². The van der Waals surface area contributed by atoms with E-state index in [9.17, 15) is 0 Å². The van der Waals surface area contributed by atoms with Crippen molar-refractivity contribution in [3.8, 4) is 28.3 Å². The van der Waals surface area contributed by atoms with Gasteiger partial charge in [-0.1, -0.05) is 113 Å². The van der Waals surface area contributed by atoms with Gasteiger partial charge in [0.2, 0.25) is 5.95 Å². The summed E-state index contributed by atoms with van der Waals surface area (Å²) in [5, 5.41) is 3.37. The van der Waals surface area contributed by atoms with Crippen LogP contribution in [0.2, 0.25) is 0 Å². The second kappa shape index (κ2) is 8.43. The molecule has 0 bridgehead atoms. The zero-order valence-corrected chi connectivity index (χ0v) is 20.9. The summed E-state index contributed by atoms with van der Waals surface area (Å²) in [6, 6.07) is 42.0. The minimum absolute atomic E-state index is 0.667. The van der Waals surface area contributed by atoms with Gasteiger partial charge in [0.05, 0.1) is 22.2 Å². The van der Waals surface area contributed by atoms with Crippen LogP contribution in [0.3, 0.4) is 0 Å². The number of rotatable bonds is 3. The molecule has 0 unspecified atom stereocenters. The van der Waals surface area contributed by atoms with Gasteiger partial charge in [0.15, 0.2) is 0 Å². The number of nitrogens with zero attached hydrogens (tertiary/aromatic N) is 3. The van der Waals surface area contributed by atoms with E-state index in [2.05, 4.69) is 124 Å². The lowest BCUT2D eigenvalue weighted by atomic mass is 10.0. The van der Waals surface area contributed by atoms with Gasteiger partial charge < -0.3 is 0 Å². The van der Waals surface area contributed by atoms with Crippen LogP contribution < -0.4 is 0 Å². The minimum atomic E-state index is 0.667. The van der Waals surface area contributed by atoms with E-state index in [1.165, 1.54) is 21.9 Å². The Balaban J connectivity index is 1.49. The lowest BCUT2D eigenvalue weighted by Crippen LogP contribution is -2.03. The fraction of sp³-hybridized carbons (Fsp3) is 0. The molecule has 7 aromatic rings. The monoisotopic (exact) mass is 525 g/mol. The molecule has 0 saturated heterocycles. The Morgan fingerprint density at radius 2 is 1.14 bits per heavy atom. The number of halogens is 1. The van der Waals surface area contributed by atoms with Crippen LogP contribution in [0.15, 0.2) is 126 Å². The highest BCUT2D eigenvalue weighted by atomic mass is 79.9. The summed E-state index contributed by atoms with van der Waals surface area (Å²) in [5.74, 6) is 0.667. The van der Waals surface area contributed by atoms with Crippen LogP contribution in [0.4, 0.5) is 0 Å². The first-order chi connectivity index (χ1) is 17.8. The SMILES string of the molecule is Brc1cccc2c1c1ccccc1n2-c1nc(-c2ccc(-c3ccccc3)cc2)c2ccccc2n1. The number of fused-ring (bicyclic) bond motifs is 4. The van der Waals surface area contributed by atoms with Crippen molar-refractivity contribution in [1.82, 2.24) is 14.5 Å². The maximum Gasteiger partial charge on any atom is 0.235 e. The number of hydrogen-bond acceptors (Lipinski definition) is 2. The molecule has 2 aromatic heterocycles. The molecule has 5 aromatic carbocycles. The highest BCUT2D eigenvalue weighted by Crippen LogP contribution is 2.37. The van der Waals surface area contributed by atoms with Crippen molar-refractivity contribution in [3.63, 3.8) is 0 Å². The van der Waals surface area contributed by atoms with Gasteiger partial charge in [-0.05, 0) is 35.4 Å². The summed E-state index contributed by atoms with van der Waals surface area (Å²) in [7, 11) is 0. The first-order valence-corrected chi connectivity index (χ1v) is 12.7. The normalized spacial score (nSPS) is 11.5. The summed E-state index contributed by atoms with van der Waals surface area (Å²) < 4.78 is 3.23. The average Bonchev–Trinajstić information content (AvgIpc) is 3.28. The van der Waals surface area contributed by atoms with Gasteiger partial charge in [-0.15, -0.1) is 0 Å². The molecule has 7 rings (SSSR count). The topological polar surface area (TPSA) is 30.7 Å². The molecule has 0 atom stereocenters. The molecule has 0 spiro atoms. The van der Waals surface area contributed by atoms with E-state index in [-0.39, 0.29) is 0 Å². The summed E-state index contributed by atoms with van der Waals surface area (Å²) in [6.07, 6.45) is 0. The van der Waals surface area contributed by atoms with Crippen LogP contribution >= 0.6 is 15.9 Å². The standard InChI is InChI=1S/C32H20BrN3/c33-26-13-8-16-29-30(26)25-12-5-7-15-28(25)36(29)32-34-27-14-6-4-11-24(27)31(35-32)23-19-17-22(18-20-23)21-9-2-1-3-10-21/h1-20H. The number of aromatic nitrogens is 3. The van der Waals surface area contributed by atoms with Crippen molar-refractivity contribution >= 4 is 48.6 Å². The van der Waals surface area contributed by atoms with E-state index in [0.29, 0.717) is 5.95 Å². The maximum absolute atomic E-state index is 5.18. The quantitative estimate of drug-likeness (QED) is 0.230.